The van der Waals surface area contributed by atoms with E-state index >= 15 is 0 Å². The minimum Gasteiger partial charge on any atom is -0.370 e. The summed E-state index contributed by atoms with van der Waals surface area (Å²) in [4.78, 5) is 4.31. The van der Waals surface area contributed by atoms with Crippen molar-refractivity contribution in [3.05, 3.63) is 64.1 Å². The lowest BCUT2D eigenvalue weighted by atomic mass is 10.2. The summed E-state index contributed by atoms with van der Waals surface area (Å²) in [5.74, 6) is 0.423. The monoisotopic (exact) mass is 445 g/mol. The Kier molecular flexibility index (Phi) is 7.01. The van der Waals surface area contributed by atoms with Gasteiger partial charge in [0.25, 0.3) is 0 Å². The molecule has 2 aromatic carbocycles. The Balaban J connectivity index is 0.00000200. The van der Waals surface area contributed by atoms with E-state index < -0.39 is 0 Å². The van der Waals surface area contributed by atoms with Crippen molar-refractivity contribution >= 4 is 51.6 Å². The van der Waals surface area contributed by atoms with Crippen LogP contribution in [0, 0.1) is 6.92 Å². The zero-order valence-corrected chi connectivity index (χ0v) is 15.1. The Labute approximate surface area is 144 Å². The molecule has 0 aromatic heterocycles. The third kappa shape index (κ3) is 5.50. The van der Waals surface area contributed by atoms with Gasteiger partial charge in [0.2, 0.25) is 0 Å². The summed E-state index contributed by atoms with van der Waals surface area (Å²) >= 11 is 3.40. The summed E-state index contributed by atoms with van der Waals surface area (Å²) in [6, 6.07) is 16.1. The molecule has 0 amide bonds. The molecule has 0 aliphatic heterocycles. The van der Waals surface area contributed by atoms with Crippen LogP contribution in [0.5, 0.6) is 0 Å². The van der Waals surface area contributed by atoms with Crippen molar-refractivity contribution in [3.63, 3.8) is 0 Å². The molecule has 0 saturated carbocycles. The van der Waals surface area contributed by atoms with Crippen LogP contribution in [-0.4, -0.2) is 5.96 Å². The highest BCUT2D eigenvalue weighted by atomic mass is 127. The van der Waals surface area contributed by atoms with Gasteiger partial charge >= 0.3 is 0 Å². The number of nitrogens with one attached hydrogen (secondary N) is 1. The molecule has 0 saturated heterocycles. The van der Waals surface area contributed by atoms with Gasteiger partial charge in [-0.1, -0.05) is 45.8 Å². The lowest BCUT2D eigenvalue weighted by molar-refractivity contribution is 1.06. The second-order valence-corrected chi connectivity index (χ2v) is 5.23. The SMILES string of the molecule is Cc1ccc(NC(N)=NCc2ccc(Br)cc2)cc1.I. The van der Waals surface area contributed by atoms with Gasteiger partial charge in [0, 0.05) is 10.2 Å². The number of aliphatic imine (C=N–C) groups is 1. The zero-order chi connectivity index (χ0) is 13.7. The summed E-state index contributed by atoms with van der Waals surface area (Å²) in [5.41, 5.74) is 9.14. The first-order chi connectivity index (χ1) is 9.13. The molecule has 3 N–H and O–H groups in total. The van der Waals surface area contributed by atoms with Crippen LogP contribution in [0.3, 0.4) is 0 Å². The van der Waals surface area contributed by atoms with E-state index in [0.717, 1.165) is 15.7 Å². The summed E-state index contributed by atoms with van der Waals surface area (Å²) in [6.07, 6.45) is 0. The van der Waals surface area contributed by atoms with Crippen LogP contribution in [0.25, 0.3) is 0 Å². The molecule has 0 heterocycles. The number of rotatable bonds is 3. The number of aryl methyl sites for hydroxylation is 1. The minimum atomic E-state index is 0. The Hall–Kier alpha value is -1.08. The fraction of sp³-hybridized carbons (Fsp3) is 0.133. The van der Waals surface area contributed by atoms with Crippen molar-refractivity contribution in [1.29, 1.82) is 0 Å². The standard InChI is InChI=1S/C15H16BrN3.HI/c1-11-2-8-14(9-3-11)19-15(17)18-10-12-4-6-13(16)7-5-12;/h2-9H,10H2,1H3,(H3,17,18,19);1H. The highest BCUT2D eigenvalue weighted by Crippen LogP contribution is 2.11. The summed E-state index contributed by atoms with van der Waals surface area (Å²) in [5, 5.41) is 3.07. The zero-order valence-electron chi connectivity index (χ0n) is 11.1. The third-order valence-corrected chi connectivity index (χ3v) is 3.20. The van der Waals surface area contributed by atoms with Crippen LogP contribution in [0.15, 0.2) is 58.0 Å². The maximum Gasteiger partial charge on any atom is 0.193 e. The van der Waals surface area contributed by atoms with E-state index in [-0.39, 0.29) is 24.0 Å². The van der Waals surface area contributed by atoms with Gasteiger partial charge < -0.3 is 11.1 Å². The molecule has 2 aromatic rings. The molecule has 0 aliphatic rings. The number of halogens is 2. The highest BCUT2D eigenvalue weighted by Gasteiger charge is 1.96. The summed E-state index contributed by atoms with van der Waals surface area (Å²) in [6.45, 7) is 2.62. The number of hydrogen-bond donors (Lipinski definition) is 2. The van der Waals surface area contributed by atoms with Gasteiger partial charge in [-0.15, -0.1) is 24.0 Å². The first-order valence-electron chi connectivity index (χ1n) is 6.01. The van der Waals surface area contributed by atoms with Gasteiger partial charge in [-0.25, -0.2) is 4.99 Å². The average Bonchev–Trinajstić information content (AvgIpc) is 2.41. The van der Waals surface area contributed by atoms with Crippen molar-refractivity contribution in [3.8, 4) is 0 Å². The van der Waals surface area contributed by atoms with Gasteiger partial charge in [0.15, 0.2) is 5.96 Å². The van der Waals surface area contributed by atoms with Crippen LogP contribution >= 0.6 is 39.9 Å². The van der Waals surface area contributed by atoms with Crippen LogP contribution in [-0.2, 0) is 6.54 Å². The molecule has 0 unspecified atom stereocenters. The second-order valence-electron chi connectivity index (χ2n) is 4.32. The molecule has 0 spiro atoms. The predicted molar refractivity (Wildman–Crippen MR) is 99.7 cm³/mol. The quantitative estimate of drug-likeness (QED) is 0.420. The first kappa shape index (κ1) is 17.0. The van der Waals surface area contributed by atoms with Crippen LogP contribution in [0.4, 0.5) is 5.69 Å². The van der Waals surface area contributed by atoms with E-state index in [1.54, 1.807) is 0 Å². The van der Waals surface area contributed by atoms with Gasteiger partial charge in [0.1, 0.15) is 0 Å². The maximum absolute atomic E-state index is 5.85. The Morgan fingerprint density at radius 2 is 1.70 bits per heavy atom. The van der Waals surface area contributed by atoms with E-state index in [1.165, 1.54) is 5.56 Å². The minimum absolute atomic E-state index is 0. The molecule has 20 heavy (non-hydrogen) atoms. The van der Waals surface area contributed by atoms with Crippen LogP contribution in [0.2, 0.25) is 0 Å². The molecule has 2 rings (SSSR count). The highest BCUT2D eigenvalue weighted by molar-refractivity contribution is 14.0. The number of hydrogen-bond acceptors (Lipinski definition) is 1. The molecule has 0 bridgehead atoms. The molecule has 0 aliphatic carbocycles. The molecule has 0 fully saturated rings. The van der Waals surface area contributed by atoms with Crippen molar-refractivity contribution in [2.75, 3.05) is 5.32 Å². The van der Waals surface area contributed by atoms with Crippen molar-refractivity contribution in [2.24, 2.45) is 10.7 Å². The molecule has 106 valence electrons. The molecule has 0 radical (unpaired) electrons. The van der Waals surface area contributed by atoms with E-state index in [4.69, 9.17) is 5.73 Å². The van der Waals surface area contributed by atoms with Gasteiger partial charge in [-0.3, -0.25) is 0 Å². The predicted octanol–water partition coefficient (Wildman–Crippen LogP) is 4.30. The second kappa shape index (κ2) is 8.26. The maximum atomic E-state index is 5.85. The van der Waals surface area contributed by atoms with Gasteiger partial charge in [0.05, 0.1) is 6.54 Å². The van der Waals surface area contributed by atoms with E-state index in [9.17, 15) is 0 Å². The molecule has 3 nitrogen and oxygen atoms in total. The molecule has 5 heteroatoms. The molecule has 0 atom stereocenters. The number of nitrogens with two attached hydrogens (primary N) is 1. The lowest BCUT2D eigenvalue weighted by Crippen LogP contribution is -2.22. The Morgan fingerprint density at radius 1 is 1.10 bits per heavy atom. The van der Waals surface area contributed by atoms with Crippen molar-refractivity contribution < 1.29 is 0 Å². The smallest absolute Gasteiger partial charge is 0.193 e. The molecular formula is C15H17BrIN3. The van der Waals surface area contributed by atoms with Gasteiger partial charge in [-0.05, 0) is 36.8 Å². The van der Waals surface area contributed by atoms with E-state index in [2.05, 4.69) is 33.2 Å². The molecular weight excluding hydrogens is 429 g/mol. The summed E-state index contributed by atoms with van der Waals surface area (Å²) < 4.78 is 1.06. The Morgan fingerprint density at radius 3 is 2.30 bits per heavy atom. The number of anilines is 1. The lowest BCUT2D eigenvalue weighted by Gasteiger charge is -2.06. The Bertz CT molecular complexity index is 565. The van der Waals surface area contributed by atoms with E-state index in [1.807, 2.05) is 48.5 Å². The third-order valence-electron chi connectivity index (χ3n) is 2.67. The summed E-state index contributed by atoms with van der Waals surface area (Å²) in [7, 11) is 0. The largest absolute Gasteiger partial charge is 0.370 e. The van der Waals surface area contributed by atoms with Crippen LogP contribution in [0.1, 0.15) is 11.1 Å². The topological polar surface area (TPSA) is 50.4 Å². The normalized spacial score (nSPS) is 10.8. The number of benzene rings is 2. The van der Waals surface area contributed by atoms with Crippen LogP contribution < -0.4 is 11.1 Å². The fourth-order valence-electron chi connectivity index (χ4n) is 1.59. The number of guanidine groups is 1. The fourth-order valence-corrected chi connectivity index (χ4v) is 1.85. The number of nitrogens with zero attached hydrogens (tertiary/aromatic N) is 1. The van der Waals surface area contributed by atoms with Crippen molar-refractivity contribution in [2.45, 2.75) is 13.5 Å². The average molecular weight is 446 g/mol. The van der Waals surface area contributed by atoms with Crippen molar-refractivity contribution in [1.82, 2.24) is 0 Å². The van der Waals surface area contributed by atoms with Gasteiger partial charge in [-0.2, -0.15) is 0 Å². The van der Waals surface area contributed by atoms with E-state index in [0.29, 0.717) is 12.5 Å². The first-order valence-corrected chi connectivity index (χ1v) is 6.81.